The zero-order valence-corrected chi connectivity index (χ0v) is 9.77. The van der Waals surface area contributed by atoms with E-state index in [0.717, 1.165) is 16.3 Å². The minimum Gasteiger partial charge on any atom is -0.496 e. The normalized spacial score (nSPS) is 10.2. The molecule has 0 saturated carbocycles. The van der Waals surface area contributed by atoms with Crippen LogP contribution >= 0.6 is 0 Å². The molecule has 0 bridgehead atoms. The van der Waals surface area contributed by atoms with Crippen LogP contribution in [0, 0.1) is 0 Å². The number of hydrogen-bond acceptors (Lipinski definition) is 4. The lowest BCUT2D eigenvalue weighted by Crippen LogP contribution is -2.06. The van der Waals surface area contributed by atoms with Gasteiger partial charge in [0.15, 0.2) is 0 Å². The summed E-state index contributed by atoms with van der Waals surface area (Å²) in [6.07, 6.45) is 3.65. The molecule has 0 aliphatic carbocycles. The monoisotopic (exact) mass is 231 g/mol. The third-order valence-corrected chi connectivity index (χ3v) is 2.66. The van der Waals surface area contributed by atoms with Crippen molar-refractivity contribution in [2.75, 3.05) is 14.2 Å². The van der Waals surface area contributed by atoms with Crippen molar-refractivity contribution in [3.63, 3.8) is 0 Å². The van der Waals surface area contributed by atoms with E-state index in [1.165, 1.54) is 7.11 Å². The zero-order chi connectivity index (χ0) is 12.3. The molecule has 4 nitrogen and oxygen atoms in total. The summed E-state index contributed by atoms with van der Waals surface area (Å²) in [5.41, 5.74) is 0.833. The predicted molar refractivity (Wildman–Crippen MR) is 64.0 cm³/mol. The van der Waals surface area contributed by atoms with Crippen molar-refractivity contribution in [2.45, 2.75) is 6.42 Å². The smallest absolute Gasteiger partial charge is 0.310 e. The first-order valence-electron chi connectivity index (χ1n) is 5.22. The molecule has 0 spiro atoms. The summed E-state index contributed by atoms with van der Waals surface area (Å²) in [4.78, 5) is 15.5. The van der Waals surface area contributed by atoms with Crippen LogP contribution in [0.4, 0.5) is 0 Å². The summed E-state index contributed by atoms with van der Waals surface area (Å²) in [6.45, 7) is 0. The van der Waals surface area contributed by atoms with Gasteiger partial charge in [0.2, 0.25) is 0 Å². The van der Waals surface area contributed by atoms with E-state index in [2.05, 4.69) is 4.98 Å². The maximum absolute atomic E-state index is 11.4. The highest BCUT2D eigenvalue weighted by atomic mass is 16.5. The summed E-state index contributed by atoms with van der Waals surface area (Å²) in [5, 5.41) is 1.94. The van der Waals surface area contributed by atoms with Gasteiger partial charge in [0, 0.05) is 23.3 Å². The maximum atomic E-state index is 11.4. The van der Waals surface area contributed by atoms with Crippen LogP contribution < -0.4 is 4.74 Å². The molecule has 1 aromatic carbocycles. The van der Waals surface area contributed by atoms with Crippen molar-refractivity contribution < 1.29 is 14.3 Å². The fraction of sp³-hybridized carbons (Fsp3) is 0.231. The Labute approximate surface area is 99.2 Å². The number of esters is 1. The molecule has 0 amide bonds. The Morgan fingerprint density at radius 2 is 2.12 bits per heavy atom. The van der Waals surface area contributed by atoms with Gasteiger partial charge in [-0.3, -0.25) is 9.78 Å². The van der Waals surface area contributed by atoms with E-state index >= 15 is 0 Å². The van der Waals surface area contributed by atoms with E-state index in [4.69, 9.17) is 9.47 Å². The van der Waals surface area contributed by atoms with E-state index in [1.807, 2.05) is 18.2 Å². The standard InChI is InChI=1S/C13H13NO3/c1-16-12-4-3-9-8-14-6-5-10(9)11(12)7-13(15)17-2/h3-6,8H,7H2,1-2H3. The zero-order valence-electron chi connectivity index (χ0n) is 9.77. The first kappa shape index (κ1) is 11.4. The van der Waals surface area contributed by atoms with Gasteiger partial charge in [0.05, 0.1) is 20.6 Å². The first-order valence-corrected chi connectivity index (χ1v) is 5.22. The van der Waals surface area contributed by atoms with Crippen molar-refractivity contribution in [3.05, 3.63) is 36.2 Å². The predicted octanol–water partition coefficient (Wildman–Crippen LogP) is 1.96. The highest BCUT2D eigenvalue weighted by Gasteiger charge is 2.12. The van der Waals surface area contributed by atoms with Crippen LogP contribution in [0.5, 0.6) is 5.75 Å². The number of carbonyl (C=O) groups excluding carboxylic acids is 1. The minimum atomic E-state index is -0.285. The molecular formula is C13H13NO3. The number of pyridine rings is 1. The second-order valence-electron chi connectivity index (χ2n) is 3.60. The van der Waals surface area contributed by atoms with Gasteiger partial charge in [-0.15, -0.1) is 0 Å². The Bertz CT molecular complexity index is 551. The lowest BCUT2D eigenvalue weighted by Gasteiger charge is -2.10. The first-order chi connectivity index (χ1) is 8.26. The van der Waals surface area contributed by atoms with Crippen LogP contribution in [0.2, 0.25) is 0 Å². The fourth-order valence-electron chi connectivity index (χ4n) is 1.80. The highest BCUT2D eigenvalue weighted by Crippen LogP contribution is 2.27. The van der Waals surface area contributed by atoms with Gasteiger partial charge in [0.1, 0.15) is 5.75 Å². The number of ether oxygens (including phenoxy) is 2. The largest absolute Gasteiger partial charge is 0.496 e. The van der Waals surface area contributed by atoms with E-state index in [1.54, 1.807) is 19.5 Å². The second-order valence-corrected chi connectivity index (χ2v) is 3.60. The topological polar surface area (TPSA) is 48.4 Å². The molecule has 0 aliphatic rings. The minimum absolute atomic E-state index is 0.195. The molecule has 0 radical (unpaired) electrons. The summed E-state index contributed by atoms with van der Waals surface area (Å²) >= 11 is 0. The molecule has 2 rings (SSSR count). The molecule has 0 aliphatic heterocycles. The average molecular weight is 231 g/mol. The molecule has 1 heterocycles. The van der Waals surface area contributed by atoms with Crippen molar-refractivity contribution in [3.8, 4) is 5.75 Å². The van der Waals surface area contributed by atoms with Crippen LogP contribution in [0.3, 0.4) is 0 Å². The number of hydrogen-bond donors (Lipinski definition) is 0. The average Bonchev–Trinajstić information content (AvgIpc) is 2.39. The molecule has 0 N–H and O–H groups in total. The van der Waals surface area contributed by atoms with Crippen molar-refractivity contribution in [1.29, 1.82) is 0 Å². The molecule has 1 aromatic heterocycles. The third kappa shape index (κ3) is 2.20. The molecule has 2 aromatic rings. The number of aromatic nitrogens is 1. The fourth-order valence-corrected chi connectivity index (χ4v) is 1.80. The lowest BCUT2D eigenvalue weighted by molar-refractivity contribution is -0.139. The van der Waals surface area contributed by atoms with Crippen molar-refractivity contribution in [1.82, 2.24) is 4.98 Å². The van der Waals surface area contributed by atoms with E-state index in [-0.39, 0.29) is 12.4 Å². The lowest BCUT2D eigenvalue weighted by atomic mass is 10.0. The van der Waals surface area contributed by atoms with Gasteiger partial charge in [-0.2, -0.15) is 0 Å². The molecule has 0 unspecified atom stereocenters. The summed E-state index contributed by atoms with van der Waals surface area (Å²) in [6, 6.07) is 5.63. The van der Waals surface area contributed by atoms with Crippen LogP contribution in [-0.4, -0.2) is 25.2 Å². The number of fused-ring (bicyclic) bond motifs is 1. The van der Waals surface area contributed by atoms with E-state index in [0.29, 0.717) is 5.75 Å². The second kappa shape index (κ2) is 4.82. The van der Waals surface area contributed by atoms with Gasteiger partial charge in [-0.1, -0.05) is 0 Å². The van der Waals surface area contributed by atoms with Crippen molar-refractivity contribution in [2.24, 2.45) is 0 Å². The van der Waals surface area contributed by atoms with Gasteiger partial charge in [-0.25, -0.2) is 0 Å². The molecule has 88 valence electrons. The Morgan fingerprint density at radius 1 is 1.29 bits per heavy atom. The third-order valence-electron chi connectivity index (χ3n) is 2.66. The Hall–Kier alpha value is -2.10. The Morgan fingerprint density at radius 3 is 2.82 bits per heavy atom. The van der Waals surface area contributed by atoms with Gasteiger partial charge in [0.25, 0.3) is 0 Å². The summed E-state index contributed by atoms with van der Waals surface area (Å²) < 4.78 is 9.96. The maximum Gasteiger partial charge on any atom is 0.310 e. The molecular weight excluding hydrogens is 218 g/mol. The molecule has 0 atom stereocenters. The number of nitrogens with zero attached hydrogens (tertiary/aromatic N) is 1. The SMILES string of the molecule is COC(=O)Cc1c(OC)ccc2cnccc12. The number of benzene rings is 1. The summed E-state index contributed by atoms with van der Waals surface area (Å²) in [7, 11) is 2.96. The van der Waals surface area contributed by atoms with Gasteiger partial charge >= 0.3 is 5.97 Å². The molecule has 0 fully saturated rings. The van der Waals surface area contributed by atoms with Crippen molar-refractivity contribution >= 4 is 16.7 Å². The molecule has 17 heavy (non-hydrogen) atoms. The highest BCUT2D eigenvalue weighted by molar-refractivity contribution is 5.90. The quantitative estimate of drug-likeness (QED) is 0.758. The number of methoxy groups -OCH3 is 2. The van der Waals surface area contributed by atoms with Crippen LogP contribution in [0.1, 0.15) is 5.56 Å². The summed E-state index contributed by atoms with van der Waals surface area (Å²) in [5.74, 6) is 0.404. The molecule has 0 saturated heterocycles. The van der Waals surface area contributed by atoms with Crippen LogP contribution in [0.25, 0.3) is 10.8 Å². The van der Waals surface area contributed by atoms with Crippen LogP contribution in [0.15, 0.2) is 30.6 Å². The Balaban J connectivity index is 2.58. The number of rotatable bonds is 3. The van der Waals surface area contributed by atoms with Gasteiger partial charge < -0.3 is 9.47 Å². The van der Waals surface area contributed by atoms with Gasteiger partial charge in [-0.05, 0) is 23.6 Å². The van der Waals surface area contributed by atoms with Crippen LogP contribution in [-0.2, 0) is 16.0 Å². The Kier molecular flexibility index (Phi) is 3.23. The molecule has 4 heteroatoms. The number of carbonyl (C=O) groups is 1. The van der Waals surface area contributed by atoms with E-state index < -0.39 is 0 Å². The van der Waals surface area contributed by atoms with E-state index in [9.17, 15) is 4.79 Å².